The summed E-state index contributed by atoms with van der Waals surface area (Å²) in [6.07, 6.45) is 0. The molecule has 27 heavy (non-hydrogen) atoms. The van der Waals surface area contributed by atoms with E-state index in [1.165, 1.54) is 57.7 Å². The first-order valence-corrected chi connectivity index (χ1v) is 7.97. The fourth-order valence-electron chi connectivity index (χ4n) is 2.55. The van der Waals surface area contributed by atoms with Crippen LogP contribution in [0.4, 0.5) is 4.39 Å². The first-order chi connectivity index (χ1) is 12.9. The molecule has 1 atom stereocenters. The molecule has 0 aliphatic heterocycles. The molecule has 0 aliphatic rings. The first kappa shape index (κ1) is 20.0. The third kappa shape index (κ3) is 4.66. The molecule has 0 spiro atoms. The van der Waals surface area contributed by atoms with Crippen LogP contribution in [-0.4, -0.2) is 44.9 Å². The number of carbonyl (C=O) groups excluding carboxylic acids is 1. The summed E-state index contributed by atoms with van der Waals surface area (Å²) in [6, 6.07) is 8.02. The summed E-state index contributed by atoms with van der Waals surface area (Å²) in [6.45, 7) is -0.170. The Balaban J connectivity index is 2.20. The fourth-order valence-corrected chi connectivity index (χ4v) is 2.55. The molecule has 7 nitrogen and oxygen atoms in total. The van der Waals surface area contributed by atoms with Crippen molar-refractivity contribution in [1.82, 2.24) is 5.32 Å². The van der Waals surface area contributed by atoms with E-state index in [0.29, 0.717) is 22.8 Å². The van der Waals surface area contributed by atoms with E-state index >= 15 is 0 Å². The van der Waals surface area contributed by atoms with Crippen molar-refractivity contribution in [2.45, 2.75) is 5.92 Å². The standard InChI is InChI=1S/C19H20FNO6/c1-25-15-8-12(9-16(26-2)17(15)27-3)18(22)21-10-14(19(23)24)11-4-6-13(20)7-5-11/h4-9,14H,10H2,1-3H3,(H,21,22)(H,23,24). The molecule has 0 radical (unpaired) electrons. The van der Waals surface area contributed by atoms with Gasteiger partial charge in [-0.2, -0.15) is 0 Å². The van der Waals surface area contributed by atoms with Crippen LogP contribution in [0.1, 0.15) is 21.8 Å². The number of benzene rings is 2. The molecule has 2 aromatic carbocycles. The molecule has 1 unspecified atom stereocenters. The van der Waals surface area contributed by atoms with E-state index in [2.05, 4.69) is 5.32 Å². The number of hydrogen-bond donors (Lipinski definition) is 2. The highest BCUT2D eigenvalue weighted by atomic mass is 19.1. The molecule has 2 rings (SSSR count). The van der Waals surface area contributed by atoms with Crippen molar-refractivity contribution in [3.8, 4) is 17.2 Å². The molecule has 0 bridgehead atoms. The van der Waals surface area contributed by atoms with Gasteiger partial charge in [0.2, 0.25) is 5.75 Å². The Morgan fingerprint density at radius 2 is 1.59 bits per heavy atom. The summed E-state index contributed by atoms with van der Waals surface area (Å²) in [5.41, 5.74) is 0.599. The number of ether oxygens (including phenoxy) is 3. The number of halogens is 1. The minimum absolute atomic E-state index is 0.170. The molecular weight excluding hydrogens is 357 g/mol. The number of carbonyl (C=O) groups is 2. The van der Waals surface area contributed by atoms with Gasteiger partial charge in [0.15, 0.2) is 11.5 Å². The van der Waals surface area contributed by atoms with Crippen LogP contribution in [0.25, 0.3) is 0 Å². The molecule has 0 saturated carbocycles. The monoisotopic (exact) mass is 377 g/mol. The maximum absolute atomic E-state index is 13.0. The molecule has 0 aliphatic carbocycles. The Kier molecular flexibility index (Phi) is 6.59. The van der Waals surface area contributed by atoms with Crippen LogP contribution in [0, 0.1) is 5.82 Å². The van der Waals surface area contributed by atoms with Gasteiger partial charge in [0, 0.05) is 12.1 Å². The summed E-state index contributed by atoms with van der Waals surface area (Å²) in [7, 11) is 4.29. The van der Waals surface area contributed by atoms with Gasteiger partial charge >= 0.3 is 5.97 Å². The van der Waals surface area contributed by atoms with Crippen molar-refractivity contribution in [2.24, 2.45) is 0 Å². The summed E-state index contributed by atoms with van der Waals surface area (Å²) in [4.78, 5) is 24.0. The quantitative estimate of drug-likeness (QED) is 0.734. The molecule has 144 valence electrons. The van der Waals surface area contributed by atoms with Crippen molar-refractivity contribution in [3.63, 3.8) is 0 Å². The van der Waals surface area contributed by atoms with Gasteiger partial charge in [0.25, 0.3) is 5.91 Å². The van der Waals surface area contributed by atoms with Gasteiger partial charge in [-0.15, -0.1) is 0 Å². The lowest BCUT2D eigenvalue weighted by atomic mass is 9.99. The molecule has 1 amide bonds. The highest BCUT2D eigenvalue weighted by Gasteiger charge is 2.22. The third-order valence-electron chi connectivity index (χ3n) is 3.96. The van der Waals surface area contributed by atoms with Crippen molar-refractivity contribution in [3.05, 3.63) is 53.3 Å². The van der Waals surface area contributed by atoms with E-state index in [4.69, 9.17) is 14.2 Å². The maximum atomic E-state index is 13.0. The minimum Gasteiger partial charge on any atom is -0.493 e. The molecule has 2 N–H and O–H groups in total. The smallest absolute Gasteiger partial charge is 0.312 e. The van der Waals surface area contributed by atoms with Gasteiger partial charge in [-0.3, -0.25) is 9.59 Å². The topological polar surface area (TPSA) is 94.1 Å². The largest absolute Gasteiger partial charge is 0.493 e. The van der Waals surface area contributed by atoms with Gasteiger partial charge in [-0.25, -0.2) is 4.39 Å². The van der Waals surface area contributed by atoms with E-state index < -0.39 is 23.6 Å². The Morgan fingerprint density at radius 1 is 1.04 bits per heavy atom. The SMILES string of the molecule is COc1cc(C(=O)NCC(C(=O)O)c2ccc(F)cc2)cc(OC)c1OC. The van der Waals surface area contributed by atoms with E-state index in [1.54, 1.807) is 0 Å². The lowest BCUT2D eigenvalue weighted by Gasteiger charge is -2.16. The molecule has 0 fully saturated rings. The van der Waals surface area contributed by atoms with Crippen molar-refractivity contribution < 1.29 is 33.3 Å². The highest BCUT2D eigenvalue weighted by Crippen LogP contribution is 2.38. The van der Waals surface area contributed by atoms with Crippen LogP contribution in [0.15, 0.2) is 36.4 Å². The number of nitrogens with one attached hydrogen (secondary N) is 1. The van der Waals surface area contributed by atoms with Gasteiger partial charge in [0.05, 0.1) is 27.2 Å². The zero-order chi connectivity index (χ0) is 20.0. The normalized spacial score (nSPS) is 11.4. The molecule has 0 heterocycles. The zero-order valence-electron chi connectivity index (χ0n) is 15.1. The average molecular weight is 377 g/mol. The lowest BCUT2D eigenvalue weighted by Crippen LogP contribution is -2.31. The first-order valence-electron chi connectivity index (χ1n) is 7.97. The molecule has 8 heteroatoms. The van der Waals surface area contributed by atoms with Crippen LogP contribution >= 0.6 is 0 Å². The Bertz CT molecular complexity index is 796. The van der Waals surface area contributed by atoms with Crippen molar-refractivity contribution in [2.75, 3.05) is 27.9 Å². The Morgan fingerprint density at radius 3 is 2.04 bits per heavy atom. The summed E-state index contributed by atoms with van der Waals surface area (Å²) in [5, 5.41) is 12.0. The van der Waals surface area contributed by atoms with Gasteiger partial charge in [0.1, 0.15) is 5.82 Å². The van der Waals surface area contributed by atoms with Crippen molar-refractivity contribution >= 4 is 11.9 Å². The number of hydrogen-bond acceptors (Lipinski definition) is 5. The average Bonchev–Trinajstić information content (AvgIpc) is 2.67. The number of rotatable bonds is 8. The second kappa shape index (κ2) is 8.88. The second-order valence-electron chi connectivity index (χ2n) is 5.57. The lowest BCUT2D eigenvalue weighted by molar-refractivity contribution is -0.138. The summed E-state index contributed by atoms with van der Waals surface area (Å²) >= 11 is 0. The summed E-state index contributed by atoms with van der Waals surface area (Å²) in [5.74, 6) is -2.19. The van der Waals surface area contributed by atoms with Gasteiger partial charge in [-0.05, 0) is 29.8 Å². The molecular formula is C19H20FNO6. The van der Waals surface area contributed by atoms with Crippen LogP contribution in [0.5, 0.6) is 17.2 Å². The van der Waals surface area contributed by atoms with E-state index in [9.17, 15) is 19.1 Å². The number of carboxylic acid groups (broad SMARTS) is 1. The highest BCUT2D eigenvalue weighted by molar-refractivity contribution is 5.96. The fraction of sp³-hybridized carbons (Fsp3) is 0.263. The van der Waals surface area contributed by atoms with Crippen LogP contribution in [0.3, 0.4) is 0 Å². The van der Waals surface area contributed by atoms with E-state index in [-0.39, 0.29) is 12.1 Å². The van der Waals surface area contributed by atoms with Gasteiger partial charge in [-0.1, -0.05) is 12.1 Å². The third-order valence-corrected chi connectivity index (χ3v) is 3.96. The van der Waals surface area contributed by atoms with E-state index in [0.717, 1.165) is 0 Å². The number of methoxy groups -OCH3 is 3. The number of aliphatic carboxylic acids is 1. The Hall–Kier alpha value is -3.29. The zero-order valence-corrected chi connectivity index (χ0v) is 15.1. The van der Waals surface area contributed by atoms with Crippen LogP contribution < -0.4 is 19.5 Å². The Labute approximate surface area is 155 Å². The molecule has 2 aromatic rings. The van der Waals surface area contributed by atoms with Gasteiger partial charge < -0.3 is 24.6 Å². The molecule has 0 saturated heterocycles. The number of carboxylic acids is 1. The number of amides is 1. The van der Waals surface area contributed by atoms with Crippen molar-refractivity contribution in [1.29, 1.82) is 0 Å². The maximum Gasteiger partial charge on any atom is 0.312 e. The van der Waals surface area contributed by atoms with Crippen LogP contribution in [-0.2, 0) is 4.79 Å². The minimum atomic E-state index is -1.13. The predicted molar refractivity (Wildman–Crippen MR) is 95.2 cm³/mol. The van der Waals surface area contributed by atoms with E-state index in [1.807, 2.05) is 0 Å². The predicted octanol–water partition coefficient (Wildman–Crippen LogP) is 2.45. The second-order valence-corrected chi connectivity index (χ2v) is 5.57. The van der Waals surface area contributed by atoms with Crippen LogP contribution in [0.2, 0.25) is 0 Å². The summed E-state index contributed by atoms with van der Waals surface area (Å²) < 4.78 is 28.6. The molecule has 0 aromatic heterocycles.